The molecule has 0 saturated heterocycles. The molecular formula is C21H22N2O3. The van der Waals surface area contributed by atoms with E-state index in [0.717, 1.165) is 30.6 Å². The average molecular weight is 350 g/mol. The second kappa shape index (κ2) is 8.45. The number of amides is 1. The third-order valence-corrected chi connectivity index (χ3v) is 4.44. The fourth-order valence-corrected chi connectivity index (χ4v) is 3.16. The van der Waals surface area contributed by atoms with E-state index in [1.165, 1.54) is 22.1 Å². The fourth-order valence-electron chi connectivity index (χ4n) is 3.16. The van der Waals surface area contributed by atoms with Gasteiger partial charge in [-0.1, -0.05) is 48.5 Å². The Hall–Kier alpha value is -2.92. The van der Waals surface area contributed by atoms with Crippen LogP contribution in [0, 0.1) is 0 Å². The fraction of sp³-hybridized carbons (Fsp3) is 0.238. The van der Waals surface area contributed by atoms with Gasteiger partial charge in [0.25, 0.3) is 0 Å². The summed E-state index contributed by atoms with van der Waals surface area (Å²) in [6, 6.07) is 15.5. The molecule has 2 aromatic rings. The van der Waals surface area contributed by atoms with E-state index in [9.17, 15) is 9.59 Å². The molecule has 1 heterocycles. The minimum atomic E-state index is -1.02. The maximum atomic E-state index is 12.6. The highest BCUT2D eigenvalue weighted by Gasteiger charge is 2.16. The third kappa shape index (κ3) is 4.58. The largest absolute Gasteiger partial charge is 0.480 e. The summed E-state index contributed by atoms with van der Waals surface area (Å²) in [5.41, 5.74) is 4.42. The summed E-state index contributed by atoms with van der Waals surface area (Å²) in [5.74, 6) is -1.33. The van der Waals surface area contributed by atoms with Crippen LogP contribution < -0.4 is 5.32 Å². The zero-order chi connectivity index (χ0) is 18.4. The lowest BCUT2D eigenvalue weighted by atomic mass is 9.95. The van der Waals surface area contributed by atoms with Crippen molar-refractivity contribution in [3.8, 4) is 0 Å². The number of nitrogens with zero attached hydrogens (tertiary/aromatic N) is 1. The minimum absolute atomic E-state index is 0.271. The van der Waals surface area contributed by atoms with Crippen molar-refractivity contribution in [2.75, 3.05) is 13.1 Å². The molecule has 2 N–H and O–H groups in total. The average Bonchev–Trinajstić information content (AvgIpc) is 2.66. The van der Waals surface area contributed by atoms with Gasteiger partial charge in [0.15, 0.2) is 0 Å². The van der Waals surface area contributed by atoms with Crippen LogP contribution in [0.2, 0.25) is 0 Å². The molecule has 0 radical (unpaired) electrons. The Morgan fingerprint density at radius 1 is 1.12 bits per heavy atom. The van der Waals surface area contributed by atoms with Gasteiger partial charge in [0.1, 0.15) is 6.54 Å². The second-order valence-corrected chi connectivity index (χ2v) is 6.32. The molecule has 1 amide bonds. The van der Waals surface area contributed by atoms with Gasteiger partial charge < -0.3 is 15.3 Å². The standard InChI is InChI=1S/C21H22N2O3/c24-20(23(15-21(25)26)14-16-5-2-1-3-6-16)10-9-17-7-4-8-18-13-22-12-11-19(17)18/h1-10,22H,11-15H2,(H,25,26). The van der Waals surface area contributed by atoms with E-state index in [4.69, 9.17) is 5.11 Å². The van der Waals surface area contributed by atoms with E-state index in [1.807, 2.05) is 42.5 Å². The van der Waals surface area contributed by atoms with Crippen molar-refractivity contribution in [2.24, 2.45) is 0 Å². The predicted molar refractivity (Wildman–Crippen MR) is 100 cm³/mol. The van der Waals surface area contributed by atoms with Crippen molar-refractivity contribution < 1.29 is 14.7 Å². The lowest BCUT2D eigenvalue weighted by molar-refractivity contribution is -0.143. The number of benzene rings is 2. The molecule has 0 bridgehead atoms. The first-order valence-electron chi connectivity index (χ1n) is 8.67. The van der Waals surface area contributed by atoms with Crippen LogP contribution in [-0.2, 0) is 29.1 Å². The normalized spacial score (nSPS) is 13.4. The number of carbonyl (C=O) groups is 2. The Morgan fingerprint density at radius 3 is 2.69 bits per heavy atom. The molecule has 0 fully saturated rings. The maximum Gasteiger partial charge on any atom is 0.323 e. The second-order valence-electron chi connectivity index (χ2n) is 6.32. The van der Waals surface area contributed by atoms with Gasteiger partial charge in [0, 0.05) is 19.2 Å². The molecule has 134 valence electrons. The Kier molecular flexibility index (Phi) is 5.81. The van der Waals surface area contributed by atoms with E-state index in [1.54, 1.807) is 6.08 Å². The van der Waals surface area contributed by atoms with Crippen LogP contribution in [0.1, 0.15) is 22.3 Å². The van der Waals surface area contributed by atoms with Crippen LogP contribution in [0.25, 0.3) is 6.08 Å². The van der Waals surface area contributed by atoms with E-state index >= 15 is 0 Å². The number of carboxylic acid groups (broad SMARTS) is 1. The molecule has 0 spiro atoms. The number of rotatable bonds is 6. The van der Waals surface area contributed by atoms with Crippen LogP contribution in [0.15, 0.2) is 54.6 Å². The summed E-state index contributed by atoms with van der Waals surface area (Å²) in [5, 5.41) is 12.5. The molecule has 0 aliphatic carbocycles. The lowest BCUT2D eigenvalue weighted by Crippen LogP contribution is -2.34. The molecular weight excluding hydrogens is 328 g/mol. The van der Waals surface area contributed by atoms with E-state index < -0.39 is 5.97 Å². The number of carbonyl (C=O) groups excluding carboxylic acids is 1. The van der Waals surface area contributed by atoms with E-state index in [2.05, 4.69) is 11.4 Å². The van der Waals surface area contributed by atoms with Gasteiger partial charge in [-0.3, -0.25) is 9.59 Å². The van der Waals surface area contributed by atoms with Crippen molar-refractivity contribution in [1.82, 2.24) is 10.2 Å². The van der Waals surface area contributed by atoms with Crippen LogP contribution in [-0.4, -0.2) is 35.0 Å². The zero-order valence-electron chi connectivity index (χ0n) is 14.5. The molecule has 0 atom stereocenters. The first-order chi connectivity index (χ1) is 12.6. The van der Waals surface area contributed by atoms with Crippen molar-refractivity contribution in [3.05, 3.63) is 76.9 Å². The molecule has 0 aromatic heterocycles. The first kappa shape index (κ1) is 17.9. The van der Waals surface area contributed by atoms with E-state index in [0.29, 0.717) is 0 Å². The van der Waals surface area contributed by atoms with Gasteiger partial charge in [0.2, 0.25) is 5.91 Å². The van der Waals surface area contributed by atoms with Gasteiger partial charge in [-0.2, -0.15) is 0 Å². The molecule has 5 heteroatoms. The SMILES string of the molecule is O=C(O)CN(Cc1ccccc1)C(=O)C=Cc1cccc2c1CCNC2. The Morgan fingerprint density at radius 2 is 1.92 bits per heavy atom. The smallest absolute Gasteiger partial charge is 0.323 e. The highest BCUT2D eigenvalue weighted by Crippen LogP contribution is 2.20. The van der Waals surface area contributed by atoms with Crippen molar-refractivity contribution in [2.45, 2.75) is 19.5 Å². The molecule has 0 saturated carbocycles. The van der Waals surface area contributed by atoms with Crippen molar-refractivity contribution in [3.63, 3.8) is 0 Å². The molecule has 1 aliphatic rings. The summed E-state index contributed by atoms with van der Waals surface area (Å²) in [6.45, 7) is 1.71. The van der Waals surface area contributed by atoms with Crippen molar-refractivity contribution in [1.29, 1.82) is 0 Å². The number of hydrogen-bond acceptors (Lipinski definition) is 3. The van der Waals surface area contributed by atoms with Gasteiger partial charge in [0.05, 0.1) is 0 Å². The highest BCUT2D eigenvalue weighted by atomic mass is 16.4. The monoisotopic (exact) mass is 350 g/mol. The number of nitrogens with one attached hydrogen (secondary N) is 1. The van der Waals surface area contributed by atoms with Crippen LogP contribution >= 0.6 is 0 Å². The van der Waals surface area contributed by atoms with Gasteiger partial charge in [-0.05, 0) is 41.3 Å². The number of fused-ring (bicyclic) bond motifs is 1. The molecule has 5 nitrogen and oxygen atoms in total. The van der Waals surface area contributed by atoms with Crippen LogP contribution in [0.4, 0.5) is 0 Å². The number of carboxylic acids is 1. The van der Waals surface area contributed by atoms with Gasteiger partial charge in [-0.25, -0.2) is 0 Å². The zero-order valence-corrected chi connectivity index (χ0v) is 14.5. The molecule has 0 unspecified atom stereocenters. The quantitative estimate of drug-likeness (QED) is 0.785. The Balaban J connectivity index is 1.77. The van der Waals surface area contributed by atoms with Crippen molar-refractivity contribution >= 4 is 18.0 Å². The molecule has 3 rings (SSSR count). The summed E-state index contributed by atoms with van der Waals surface area (Å²) in [7, 11) is 0. The number of hydrogen-bond donors (Lipinski definition) is 2. The topological polar surface area (TPSA) is 69.6 Å². The third-order valence-electron chi connectivity index (χ3n) is 4.44. The number of aliphatic carboxylic acids is 1. The summed E-state index contributed by atoms with van der Waals surface area (Å²) in [6.07, 6.45) is 4.20. The summed E-state index contributed by atoms with van der Waals surface area (Å²) < 4.78 is 0. The highest BCUT2D eigenvalue weighted by molar-refractivity contribution is 5.93. The Bertz CT molecular complexity index is 815. The molecule has 2 aromatic carbocycles. The minimum Gasteiger partial charge on any atom is -0.480 e. The Labute approximate surface area is 153 Å². The van der Waals surface area contributed by atoms with E-state index in [-0.39, 0.29) is 19.0 Å². The maximum absolute atomic E-state index is 12.6. The summed E-state index contributed by atoms with van der Waals surface area (Å²) in [4.78, 5) is 25.1. The predicted octanol–water partition coefficient (Wildman–Crippen LogP) is 2.46. The van der Waals surface area contributed by atoms with Gasteiger partial charge >= 0.3 is 5.97 Å². The van der Waals surface area contributed by atoms with Crippen LogP contribution in [0.5, 0.6) is 0 Å². The molecule has 26 heavy (non-hydrogen) atoms. The van der Waals surface area contributed by atoms with Gasteiger partial charge in [-0.15, -0.1) is 0 Å². The first-order valence-corrected chi connectivity index (χ1v) is 8.67. The van der Waals surface area contributed by atoms with Crippen LogP contribution in [0.3, 0.4) is 0 Å². The molecule has 1 aliphatic heterocycles. The summed E-state index contributed by atoms with van der Waals surface area (Å²) >= 11 is 0. The lowest BCUT2D eigenvalue weighted by Gasteiger charge is -2.20.